The number of para-hydroxylation sites is 2. The molecule has 6 heteroatoms. The molecular formula is C21H18N2O4. The molecule has 1 N–H and O–H groups in total. The number of aryl methyl sites for hydroxylation is 1. The van der Waals surface area contributed by atoms with Crippen molar-refractivity contribution in [1.29, 1.82) is 0 Å². The zero-order valence-electron chi connectivity index (χ0n) is 14.7. The van der Waals surface area contributed by atoms with Crippen LogP contribution in [0, 0.1) is 17.0 Å². The summed E-state index contributed by atoms with van der Waals surface area (Å²) in [6, 6.07) is 22.2. The third-order valence-corrected chi connectivity index (χ3v) is 3.97. The summed E-state index contributed by atoms with van der Waals surface area (Å²) < 4.78 is 5.80. The third-order valence-electron chi connectivity index (χ3n) is 3.97. The highest BCUT2D eigenvalue weighted by atomic mass is 16.6. The van der Waals surface area contributed by atoms with Crippen molar-refractivity contribution < 1.29 is 14.5 Å². The van der Waals surface area contributed by atoms with E-state index in [0.717, 1.165) is 5.56 Å². The zero-order valence-corrected chi connectivity index (χ0v) is 14.7. The highest BCUT2D eigenvalue weighted by Crippen LogP contribution is 2.31. The largest absolute Gasteiger partial charge is 0.469 e. The molecule has 0 radical (unpaired) electrons. The van der Waals surface area contributed by atoms with Crippen LogP contribution in [-0.2, 0) is 4.79 Å². The first-order valence-electron chi connectivity index (χ1n) is 8.37. The Kier molecular flexibility index (Phi) is 5.47. The summed E-state index contributed by atoms with van der Waals surface area (Å²) >= 11 is 0. The number of benzene rings is 3. The standard InChI is InChI=1S/C21H18N2O4/c1-15-11-13-17(14-12-15)22-21(24)20(16-7-3-2-4-8-16)27-19-10-6-5-9-18(19)23(25)26/h2-14,20H,1H3,(H,22,24)/t20-/m1/s1. The Labute approximate surface area is 156 Å². The van der Waals surface area contributed by atoms with Crippen molar-refractivity contribution in [2.75, 3.05) is 5.32 Å². The number of hydrogen-bond acceptors (Lipinski definition) is 4. The molecule has 1 amide bonds. The fourth-order valence-corrected chi connectivity index (χ4v) is 2.58. The van der Waals surface area contributed by atoms with Gasteiger partial charge in [-0.2, -0.15) is 0 Å². The van der Waals surface area contributed by atoms with Crippen LogP contribution >= 0.6 is 0 Å². The van der Waals surface area contributed by atoms with Crippen molar-refractivity contribution in [3.05, 3.63) is 100 Å². The Morgan fingerprint density at radius 2 is 1.59 bits per heavy atom. The Bertz CT molecular complexity index is 940. The van der Waals surface area contributed by atoms with Crippen LogP contribution in [-0.4, -0.2) is 10.8 Å². The van der Waals surface area contributed by atoms with E-state index in [1.807, 2.05) is 25.1 Å². The number of ether oxygens (including phenoxy) is 1. The molecule has 0 spiro atoms. The van der Waals surface area contributed by atoms with Crippen molar-refractivity contribution in [2.45, 2.75) is 13.0 Å². The first-order valence-corrected chi connectivity index (χ1v) is 8.37. The van der Waals surface area contributed by atoms with E-state index in [1.54, 1.807) is 48.5 Å². The third kappa shape index (κ3) is 4.49. The van der Waals surface area contributed by atoms with Crippen LogP contribution in [0.1, 0.15) is 17.2 Å². The lowest BCUT2D eigenvalue weighted by molar-refractivity contribution is -0.386. The normalized spacial score (nSPS) is 11.4. The zero-order chi connectivity index (χ0) is 19.2. The van der Waals surface area contributed by atoms with Gasteiger partial charge in [0.15, 0.2) is 5.75 Å². The van der Waals surface area contributed by atoms with Gasteiger partial charge < -0.3 is 10.1 Å². The molecule has 0 aliphatic heterocycles. The second kappa shape index (κ2) is 8.14. The van der Waals surface area contributed by atoms with E-state index in [1.165, 1.54) is 12.1 Å². The van der Waals surface area contributed by atoms with Gasteiger partial charge in [-0.15, -0.1) is 0 Å². The van der Waals surface area contributed by atoms with E-state index in [0.29, 0.717) is 11.3 Å². The molecule has 136 valence electrons. The number of hydrogen-bond donors (Lipinski definition) is 1. The Morgan fingerprint density at radius 1 is 0.963 bits per heavy atom. The first-order chi connectivity index (χ1) is 13.0. The number of nitrogens with one attached hydrogen (secondary N) is 1. The molecule has 0 heterocycles. The van der Waals surface area contributed by atoms with Gasteiger partial charge in [0.05, 0.1) is 4.92 Å². The summed E-state index contributed by atoms with van der Waals surface area (Å²) in [5.74, 6) is -0.376. The average molecular weight is 362 g/mol. The number of amides is 1. The van der Waals surface area contributed by atoms with E-state index in [9.17, 15) is 14.9 Å². The minimum Gasteiger partial charge on any atom is -0.469 e. The fourth-order valence-electron chi connectivity index (χ4n) is 2.58. The lowest BCUT2D eigenvalue weighted by atomic mass is 10.1. The summed E-state index contributed by atoms with van der Waals surface area (Å²) in [6.45, 7) is 1.95. The van der Waals surface area contributed by atoms with E-state index in [-0.39, 0.29) is 11.4 Å². The summed E-state index contributed by atoms with van der Waals surface area (Å²) in [5, 5.41) is 14.1. The SMILES string of the molecule is Cc1ccc(NC(=O)[C@H](Oc2ccccc2[N+](=O)[O-])c2ccccc2)cc1. The molecule has 0 aliphatic carbocycles. The molecular weight excluding hydrogens is 344 g/mol. The predicted octanol–water partition coefficient (Wildman–Crippen LogP) is 4.66. The topological polar surface area (TPSA) is 81.5 Å². The van der Waals surface area contributed by atoms with Crippen LogP contribution < -0.4 is 10.1 Å². The smallest absolute Gasteiger partial charge is 0.310 e. The lowest BCUT2D eigenvalue weighted by Gasteiger charge is -2.19. The van der Waals surface area contributed by atoms with Crippen molar-refractivity contribution in [1.82, 2.24) is 0 Å². The minimum absolute atomic E-state index is 0.0374. The molecule has 0 bridgehead atoms. The highest BCUT2D eigenvalue weighted by Gasteiger charge is 2.26. The molecule has 0 aromatic heterocycles. The van der Waals surface area contributed by atoms with Crippen LogP contribution in [0.2, 0.25) is 0 Å². The van der Waals surface area contributed by atoms with Gasteiger partial charge in [0.1, 0.15) is 0 Å². The van der Waals surface area contributed by atoms with Crippen LogP contribution in [0.5, 0.6) is 5.75 Å². The Morgan fingerprint density at radius 3 is 2.26 bits per heavy atom. The number of nitro benzene ring substituents is 1. The molecule has 3 rings (SSSR count). The van der Waals surface area contributed by atoms with E-state index < -0.39 is 16.9 Å². The van der Waals surface area contributed by atoms with Crippen LogP contribution in [0.25, 0.3) is 0 Å². The molecule has 27 heavy (non-hydrogen) atoms. The van der Waals surface area contributed by atoms with Gasteiger partial charge in [0.25, 0.3) is 5.91 Å². The number of anilines is 1. The monoisotopic (exact) mass is 362 g/mol. The van der Waals surface area contributed by atoms with Crippen LogP contribution in [0.4, 0.5) is 11.4 Å². The van der Waals surface area contributed by atoms with Gasteiger partial charge in [-0.05, 0) is 25.1 Å². The molecule has 6 nitrogen and oxygen atoms in total. The molecule has 0 saturated carbocycles. The van der Waals surface area contributed by atoms with Gasteiger partial charge in [0, 0.05) is 17.3 Å². The number of carbonyl (C=O) groups excluding carboxylic acids is 1. The van der Waals surface area contributed by atoms with E-state index >= 15 is 0 Å². The molecule has 1 atom stereocenters. The maximum atomic E-state index is 12.9. The minimum atomic E-state index is -1.03. The highest BCUT2D eigenvalue weighted by molar-refractivity contribution is 5.95. The first kappa shape index (κ1) is 18.1. The summed E-state index contributed by atoms with van der Waals surface area (Å²) in [5.41, 5.74) is 2.10. The predicted molar refractivity (Wildman–Crippen MR) is 103 cm³/mol. The summed E-state index contributed by atoms with van der Waals surface area (Å²) in [4.78, 5) is 23.6. The molecule has 0 aliphatic rings. The number of nitro groups is 1. The second-order valence-corrected chi connectivity index (χ2v) is 5.99. The number of nitrogens with zero attached hydrogens (tertiary/aromatic N) is 1. The molecule has 0 unspecified atom stereocenters. The maximum Gasteiger partial charge on any atom is 0.310 e. The van der Waals surface area contributed by atoms with Gasteiger partial charge in [-0.1, -0.05) is 60.2 Å². The second-order valence-electron chi connectivity index (χ2n) is 5.99. The Hall–Kier alpha value is -3.67. The van der Waals surface area contributed by atoms with Crippen molar-refractivity contribution in [3.63, 3.8) is 0 Å². The maximum absolute atomic E-state index is 12.9. The summed E-state index contributed by atoms with van der Waals surface area (Å²) in [7, 11) is 0. The van der Waals surface area contributed by atoms with E-state index in [4.69, 9.17) is 4.74 Å². The number of carbonyl (C=O) groups is 1. The molecule has 0 saturated heterocycles. The van der Waals surface area contributed by atoms with E-state index in [2.05, 4.69) is 5.32 Å². The quantitative estimate of drug-likeness (QED) is 0.511. The van der Waals surface area contributed by atoms with Crippen molar-refractivity contribution in [3.8, 4) is 5.75 Å². The van der Waals surface area contributed by atoms with Gasteiger partial charge in [-0.3, -0.25) is 14.9 Å². The van der Waals surface area contributed by atoms with Crippen molar-refractivity contribution >= 4 is 17.3 Å². The lowest BCUT2D eigenvalue weighted by Crippen LogP contribution is -2.26. The Balaban J connectivity index is 1.91. The van der Waals surface area contributed by atoms with Gasteiger partial charge in [0.2, 0.25) is 6.10 Å². The fraction of sp³-hybridized carbons (Fsp3) is 0.0952. The summed E-state index contributed by atoms with van der Waals surface area (Å²) in [6.07, 6.45) is -1.03. The molecule has 0 fully saturated rings. The number of rotatable bonds is 6. The molecule has 3 aromatic carbocycles. The van der Waals surface area contributed by atoms with Crippen LogP contribution in [0.3, 0.4) is 0 Å². The molecule has 3 aromatic rings. The van der Waals surface area contributed by atoms with Crippen LogP contribution in [0.15, 0.2) is 78.9 Å². The van der Waals surface area contributed by atoms with Gasteiger partial charge in [-0.25, -0.2) is 0 Å². The van der Waals surface area contributed by atoms with Crippen molar-refractivity contribution in [2.24, 2.45) is 0 Å². The van der Waals surface area contributed by atoms with Gasteiger partial charge >= 0.3 is 5.69 Å². The average Bonchev–Trinajstić information content (AvgIpc) is 2.68.